The van der Waals surface area contributed by atoms with Crippen LogP contribution in [0.15, 0.2) is 48.5 Å². The number of methoxy groups -OCH3 is 1. The van der Waals surface area contributed by atoms with Crippen LogP contribution in [0.1, 0.15) is 12.5 Å². The van der Waals surface area contributed by atoms with Gasteiger partial charge in [0.2, 0.25) is 0 Å². The van der Waals surface area contributed by atoms with E-state index in [2.05, 4.69) is 5.32 Å². The van der Waals surface area contributed by atoms with Gasteiger partial charge in [0.15, 0.2) is 17.6 Å². The van der Waals surface area contributed by atoms with Crippen molar-refractivity contribution in [2.75, 3.05) is 12.4 Å². The van der Waals surface area contributed by atoms with Gasteiger partial charge in [-0.25, -0.2) is 4.79 Å². The molecule has 0 aromatic heterocycles. The Morgan fingerprint density at radius 1 is 1.25 bits per heavy atom. The number of phenols is 1. The molecule has 2 rings (SSSR count). The maximum Gasteiger partial charge on any atom is 0.331 e. The summed E-state index contributed by atoms with van der Waals surface area (Å²) in [6.07, 6.45) is 1.45. The fourth-order valence-electron chi connectivity index (χ4n) is 2.17. The van der Waals surface area contributed by atoms with Crippen LogP contribution in [0.4, 0.5) is 11.4 Å². The molecule has 1 amide bonds. The lowest BCUT2D eigenvalue weighted by Crippen LogP contribution is -2.29. The maximum absolute atomic E-state index is 12.1. The van der Waals surface area contributed by atoms with Crippen molar-refractivity contribution in [3.05, 3.63) is 64.2 Å². The largest absolute Gasteiger partial charge is 0.504 e. The summed E-state index contributed by atoms with van der Waals surface area (Å²) >= 11 is 0. The van der Waals surface area contributed by atoms with Crippen LogP contribution in [0.2, 0.25) is 0 Å². The molecule has 0 radical (unpaired) electrons. The van der Waals surface area contributed by atoms with E-state index in [1.807, 2.05) is 0 Å². The van der Waals surface area contributed by atoms with Crippen LogP contribution in [0, 0.1) is 10.1 Å². The van der Waals surface area contributed by atoms with Crippen molar-refractivity contribution in [1.82, 2.24) is 0 Å². The zero-order valence-corrected chi connectivity index (χ0v) is 15.1. The molecule has 28 heavy (non-hydrogen) atoms. The first-order chi connectivity index (χ1) is 13.3. The first-order valence-corrected chi connectivity index (χ1v) is 8.11. The zero-order valence-electron chi connectivity index (χ0n) is 15.1. The lowest BCUT2D eigenvalue weighted by molar-refractivity contribution is -0.384. The highest BCUT2D eigenvalue weighted by Gasteiger charge is 2.17. The van der Waals surface area contributed by atoms with Gasteiger partial charge in [-0.3, -0.25) is 14.9 Å². The van der Waals surface area contributed by atoms with Crippen molar-refractivity contribution in [3.63, 3.8) is 0 Å². The molecule has 0 spiro atoms. The number of anilines is 1. The quantitative estimate of drug-likeness (QED) is 0.324. The number of aromatic hydroxyl groups is 1. The molecule has 9 heteroatoms. The van der Waals surface area contributed by atoms with Gasteiger partial charge in [-0.2, -0.15) is 0 Å². The van der Waals surface area contributed by atoms with Gasteiger partial charge in [0, 0.05) is 23.9 Å². The summed E-state index contributed by atoms with van der Waals surface area (Å²) in [5, 5.41) is 22.7. The van der Waals surface area contributed by atoms with Crippen LogP contribution in [-0.4, -0.2) is 35.1 Å². The fraction of sp³-hybridized carbons (Fsp3) is 0.158. The van der Waals surface area contributed by atoms with E-state index in [0.717, 1.165) is 6.08 Å². The maximum atomic E-state index is 12.1. The summed E-state index contributed by atoms with van der Waals surface area (Å²) < 4.78 is 9.98. The Morgan fingerprint density at radius 2 is 2.00 bits per heavy atom. The van der Waals surface area contributed by atoms with E-state index in [0.29, 0.717) is 5.56 Å². The summed E-state index contributed by atoms with van der Waals surface area (Å²) in [7, 11) is 1.40. The van der Waals surface area contributed by atoms with Crippen molar-refractivity contribution in [3.8, 4) is 11.5 Å². The first kappa shape index (κ1) is 20.4. The molecule has 0 unspecified atom stereocenters. The number of hydrogen-bond donors (Lipinski definition) is 2. The number of nitrogens with zero attached hydrogens (tertiary/aromatic N) is 1. The fourth-order valence-corrected chi connectivity index (χ4v) is 2.17. The number of ether oxygens (including phenoxy) is 2. The van der Waals surface area contributed by atoms with E-state index in [4.69, 9.17) is 9.47 Å². The number of benzene rings is 2. The average molecular weight is 386 g/mol. The van der Waals surface area contributed by atoms with Crippen LogP contribution in [0.3, 0.4) is 0 Å². The number of amides is 1. The highest BCUT2D eigenvalue weighted by atomic mass is 16.6. The topological polar surface area (TPSA) is 128 Å². The normalized spacial score (nSPS) is 11.6. The molecule has 2 aromatic rings. The number of non-ortho nitro benzene ring substituents is 1. The molecule has 0 aliphatic carbocycles. The molecule has 2 aromatic carbocycles. The van der Waals surface area contributed by atoms with Crippen molar-refractivity contribution < 1.29 is 29.1 Å². The van der Waals surface area contributed by atoms with E-state index in [1.165, 1.54) is 56.5 Å². The second-order valence-electron chi connectivity index (χ2n) is 5.64. The summed E-state index contributed by atoms with van der Waals surface area (Å²) in [6.45, 7) is 1.38. The van der Waals surface area contributed by atoms with Gasteiger partial charge in [0.25, 0.3) is 11.6 Å². The zero-order chi connectivity index (χ0) is 20.7. The van der Waals surface area contributed by atoms with E-state index in [-0.39, 0.29) is 22.9 Å². The molecule has 146 valence electrons. The number of hydrogen-bond acceptors (Lipinski definition) is 7. The summed E-state index contributed by atoms with van der Waals surface area (Å²) in [5.41, 5.74) is 0.629. The number of esters is 1. The minimum absolute atomic E-state index is 0.0336. The van der Waals surface area contributed by atoms with Gasteiger partial charge in [0.1, 0.15) is 0 Å². The second kappa shape index (κ2) is 9.17. The van der Waals surface area contributed by atoms with Crippen LogP contribution in [-0.2, 0) is 14.3 Å². The molecule has 0 saturated heterocycles. The highest BCUT2D eigenvalue weighted by molar-refractivity contribution is 5.96. The molecule has 1 atom stereocenters. The van der Waals surface area contributed by atoms with Crippen LogP contribution < -0.4 is 10.1 Å². The Hall–Kier alpha value is -3.88. The van der Waals surface area contributed by atoms with E-state index < -0.39 is 22.9 Å². The van der Waals surface area contributed by atoms with Gasteiger partial charge >= 0.3 is 5.97 Å². The second-order valence-corrected chi connectivity index (χ2v) is 5.64. The Kier molecular flexibility index (Phi) is 6.69. The van der Waals surface area contributed by atoms with Crippen molar-refractivity contribution >= 4 is 29.3 Å². The predicted octanol–water partition coefficient (Wildman–Crippen LogP) is 2.89. The Labute approximate surface area is 160 Å². The molecule has 2 N–H and O–H groups in total. The molecule has 0 fully saturated rings. The third-order valence-electron chi connectivity index (χ3n) is 3.60. The molecular formula is C19H18N2O7. The number of carbonyl (C=O) groups is 2. The van der Waals surface area contributed by atoms with Crippen molar-refractivity contribution in [2.45, 2.75) is 13.0 Å². The molecule has 0 heterocycles. The summed E-state index contributed by atoms with van der Waals surface area (Å²) in [6, 6.07) is 9.92. The van der Waals surface area contributed by atoms with Gasteiger partial charge in [-0.15, -0.1) is 0 Å². The molecule has 0 saturated carbocycles. The number of phenolic OH excluding ortho intramolecular Hbond substituents is 1. The van der Waals surface area contributed by atoms with Gasteiger partial charge in [-0.1, -0.05) is 12.1 Å². The standard InChI is InChI=1S/C19H18N2O7/c1-12(19(24)20-14-4-3-5-15(11-14)21(25)26)28-18(23)9-7-13-6-8-16(22)17(10-13)27-2/h3-12,22H,1-2H3,(H,20,24)/b9-7+/t12-/m1/s1. The van der Waals surface area contributed by atoms with Crippen LogP contribution >= 0.6 is 0 Å². The number of carbonyl (C=O) groups excluding carboxylic acids is 2. The van der Waals surface area contributed by atoms with E-state index in [1.54, 1.807) is 6.07 Å². The Balaban J connectivity index is 1.95. The SMILES string of the molecule is COc1cc(/C=C/C(=O)O[C@H](C)C(=O)Nc2cccc([N+](=O)[O-])c2)ccc1O. The minimum Gasteiger partial charge on any atom is -0.504 e. The number of nitro benzene ring substituents is 1. The van der Waals surface area contributed by atoms with Crippen LogP contribution in [0.5, 0.6) is 11.5 Å². The number of rotatable bonds is 7. The van der Waals surface area contributed by atoms with E-state index >= 15 is 0 Å². The van der Waals surface area contributed by atoms with Crippen molar-refractivity contribution in [1.29, 1.82) is 0 Å². The third-order valence-corrected chi connectivity index (χ3v) is 3.60. The molecule has 0 aliphatic rings. The number of nitro groups is 1. The molecule has 0 aliphatic heterocycles. The third kappa shape index (κ3) is 5.56. The Morgan fingerprint density at radius 3 is 2.68 bits per heavy atom. The molecule has 0 bridgehead atoms. The smallest absolute Gasteiger partial charge is 0.331 e. The monoisotopic (exact) mass is 386 g/mol. The summed E-state index contributed by atoms with van der Waals surface area (Å²) in [4.78, 5) is 34.2. The lowest BCUT2D eigenvalue weighted by Gasteiger charge is -2.12. The molecular weight excluding hydrogens is 368 g/mol. The van der Waals surface area contributed by atoms with Gasteiger partial charge < -0.3 is 19.9 Å². The summed E-state index contributed by atoms with van der Waals surface area (Å²) in [5.74, 6) is -1.17. The van der Waals surface area contributed by atoms with Crippen molar-refractivity contribution in [2.24, 2.45) is 0 Å². The van der Waals surface area contributed by atoms with Gasteiger partial charge in [0.05, 0.1) is 12.0 Å². The van der Waals surface area contributed by atoms with Crippen LogP contribution in [0.25, 0.3) is 6.08 Å². The molecule has 9 nitrogen and oxygen atoms in total. The lowest BCUT2D eigenvalue weighted by atomic mass is 10.2. The predicted molar refractivity (Wildman–Crippen MR) is 101 cm³/mol. The Bertz CT molecular complexity index is 924. The van der Waals surface area contributed by atoms with E-state index in [9.17, 15) is 24.8 Å². The highest BCUT2D eigenvalue weighted by Crippen LogP contribution is 2.26. The van der Waals surface area contributed by atoms with Gasteiger partial charge in [-0.05, 0) is 36.8 Å². The minimum atomic E-state index is -1.12. The number of nitrogens with one attached hydrogen (secondary N) is 1. The average Bonchev–Trinajstić information content (AvgIpc) is 2.67. The first-order valence-electron chi connectivity index (χ1n) is 8.11.